The lowest BCUT2D eigenvalue weighted by Gasteiger charge is -2.05. The highest BCUT2D eigenvalue weighted by molar-refractivity contribution is 6.11. The largest absolute Gasteiger partial charge is 0.358 e. The Balaban J connectivity index is 1.95. The van der Waals surface area contributed by atoms with Crippen molar-refractivity contribution in [2.24, 2.45) is 0 Å². The maximum atomic E-state index is 12.4. The number of hydrogen-bond acceptors (Lipinski definition) is 2. The van der Waals surface area contributed by atoms with Gasteiger partial charge in [-0.1, -0.05) is 30.3 Å². The second-order valence-corrected chi connectivity index (χ2v) is 5.70. The Hall–Kier alpha value is -3.32. The number of nitrogens with one attached hydrogen (secondary N) is 2. The molecule has 1 heterocycles. The average Bonchev–Trinajstić information content (AvgIpc) is 2.87. The first kappa shape index (κ1) is 15.6. The Bertz CT molecular complexity index is 990. The number of anilines is 1. The molecular formula is C20H17N3O. The molecule has 0 spiro atoms. The lowest BCUT2D eigenvalue weighted by atomic mass is 10.1. The predicted molar refractivity (Wildman–Crippen MR) is 96.4 cm³/mol. The van der Waals surface area contributed by atoms with Crippen molar-refractivity contribution >= 4 is 28.6 Å². The molecule has 2 N–H and O–H groups in total. The third kappa shape index (κ3) is 3.06. The van der Waals surface area contributed by atoms with Gasteiger partial charge in [0.2, 0.25) is 0 Å². The summed E-state index contributed by atoms with van der Waals surface area (Å²) in [5.41, 5.74) is 4.57. The van der Waals surface area contributed by atoms with Crippen LogP contribution in [0, 0.1) is 25.2 Å². The number of fused-ring (bicyclic) bond motifs is 1. The number of rotatable bonds is 3. The molecule has 4 heteroatoms. The minimum Gasteiger partial charge on any atom is -0.358 e. The Morgan fingerprint density at radius 1 is 1.17 bits per heavy atom. The van der Waals surface area contributed by atoms with E-state index in [0.717, 1.165) is 27.7 Å². The van der Waals surface area contributed by atoms with Gasteiger partial charge in [0.1, 0.15) is 11.6 Å². The van der Waals surface area contributed by atoms with Gasteiger partial charge in [0.05, 0.1) is 0 Å². The van der Waals surface area contributed by atoms with E-state index in [9.17, 15) is 10.1 Å². The van der Waals surface area contributed by atoms with Crippen molar-refractivity contribution in [3.05, 3.63) is 70.9 Å². The van der Waals surface area contributed by atoms with Gasteiger partial charge >= 0.3 is 0 Å². The molecule has 0 radical (unpaired) electrons. The number of carbonyl (C=O) groups is 1. The molecule has 0 bridgehead atoms. The first-order valence-corrected chi connectivity index (χ1v) is 7.65. The fourth-order valence-corrected chi connectivity index (χ4v) is 2.70. The summed E-state index contributed by atoms with van der Waals surface area (Å²) in [6.45, 7) is 3.88. The van der Waals surface area contributed by atoms with E-state index in [1.807, 2.05) is 62.4 Å². The van der Waals surface area contributed by atoms with E-state index in [1.165, 1.54) is 0 Å². The Labute approximate surface area is 140 Å². The summed E-state index contributed by atoms with van der Waals surface area (Å²) in [6.07, 6.45) is 1.64. The summed E-state index contributed by atoms with van der Waals surface area (Å²) < 4.78 is 0. The molecule has 0 atom stereocenters. The number of nitrogens with zero attached hydrogens (tertiary/aromatic N) is 1. The van der Waals surface area contributed by atoms with Crippen molar-refractivity contribution in [3.63, 3.8) is 0 Å². The Kier molecular flexibility index (Phi) is 4.17. The van der Waals surface area contributed by atoms with Crippen molar-refractivity contribution < 1.29 is 4.79 Å². The first-order valence-electron chi connectivity index (χ1n) is 7.65. The van der Waals surface area contributed by atoms with Crippen molar-refractivity contribution in [2.45, 2.75) is 13.8 Å². The van der Waals surface area contributed by atoms with E-state index in [-0.39, 0.29) is 5.57 Å². The highest BCUT2D eigenvalue weighted by atomic mass is 16.1. The molecule has 0 fully saturated rings. The van der Waals surface area contributed by atoms with Gasteiger partial charge in [-0.05, 0) is 43.7 Å². The average molecular weight is 315 g/mol. The fourth-order valence-electron chi connectivity index (χ4n) is 2.70. The van der Waals surface area contributed by atoms with Crippen molar-refractivity contribution in [1.29, 1.82) is 5.26 Å². The summed E-state index contributed by atoms with van der Waals surface area (Å²) in [7, 11) is 0. The number of benzene rings is 2. The second kappa shape index (κ2) is 6.43. The monoisotopic (exact) mass is 315 g/mol. The second-order valence-electron chi connectivity index (χ2n) is 5.70. The van der Waals surface area contributed by atoms with E-state index in [1.54, 1.807) is 12.1 Å². The maximum absolute atomic E-state index is 12.4. The Morgan fingerprint density at radius 2 is 1.96 bits per heavy atom. The summed E-state index contributed by atoms with van der Waals surface area (Å²) >= 11 is 0. The normalized spacial score (nSPS) is 11.3. The molecule has 3 aromatic rings. The van der Waals surface area contributed by atoms with Crippen LogP contribution in [0.5, 0.6) is 0 Å². The van der Waals surface area contributed by atoms with Gasteiger partial charge in [0.25, 0.3) is 5.91 Å². The molecule has 0 saturated heterocycles. The van der Waals surface area contributed by atoms with Crippen LogP contribution in [-0.4, -0.2) is 10.9 Å². The SMILES string of the molecule is Cc1cccc(NC(=O)/C(C#N)=C/c2c(C)[nH]c3ccccc23)c1. The molecule has 0 saturated carbocycles. The zero-order valence-corrected chi connectivity index (χ0v) is 13.6. The van der Waals surface area contributed by atoms with Gasteiger partial charge in [-0.15, -0.1) is 0 Å². The van der Waals surface area contributed by atoms with Crippen LogP contribution in [-0.2, 0) is 4.79 Å². The molecule has 24 heavy (non-hydrogen) atoms. The minimum atomic E-state index is -0.409. The number of para-hydroxylation sites is 1. The molecule has 1 aromatic heterocycles. The van der Waals surface area contributed by atoms with Gasteiger partial charge in [0, 0.05) is 27.8 Å². The lowest BCUT2D eigenvalue weighted by Crippen LogP contribution is -2.13. The molecule has 118 valence electrons. The molecule has 2 aromatic carbocycles. The zero-order chi connectivity index (χ0) is 17.1. The van der Waals surface area contributed by atoms with E-state index in [4.69, 9.17) is 0 Å². The number of nitriles is 1. The quantitative estimate of drug-likeness (QED) is 0.558. The minimum absolute atomic E-state index is 0.0735. The third-order valence-corrected chi connectivity index (χ3v) is 3.87. The summed E-state index contributed by atoms with van der Waals surface area (Å²) in [6, 6.07) is 17.3. The smallest absolute Gasteiger partial charge is 0.266 e. The van der Waals surface area contributed by atoms with Gasteiger partial charge < -0.3 is 10.3 Å². The molecule has 0 aliphatic heterocycles. The van der Waals surface area contributed by atoms with Crippen LogP contribution >= 0.6 is 0 Å². The van der Waals surface area contributed by atoms with Crippen LogP contribution in [0.15, 0.2) is 54.1 Å². The predicted octanol–water partition coefficient (Wildman–Crippen LogP) is 4.33. The fraction of sp³-hybridized carbons (Fsp3) is 0.100. The molecule has 3 rings (SSSR count). The van der Waals surface area contributed by atoms with Crippen molar-refractivity contribution in [3.8, 4) is 6.07 Å². The van der Waals surface area contributed by atoms with Crippen LogP contribution in [0.2, 0.25) is 0 Å². The molecule has 0 aliphatic carbocycles. The summed E-state index contributed by atoms with van der Waals surface area (Å²) in [5.74, 6) is -0.409. The number of aryl methyl sites for hydroxylation is 2. The van der Waals surface area contributed by atoms with E-state index in [2.05, 4.69) is 10.3 Å². The van der Waals surface area contributed by atoms with Crippen LogP contribution in [0.1, 0.15) is 16.8 Å². The van der Waals surface area contributed by atoms with Gasteiger partial charge in [-0.25, -0.2) is 0 Å². The number of amides is 1. The van der Waals surface area contributed by atoms with Crippen molar-refractivity contribution in [2.75, 3.05) is 5.32 Å². The zero-order valence-electron chi connectivity index (χ0n) is 13.6. The van der Waals surface area contributed by atoms with Crippen LogP contribution in [0.25, 0.3) is 17.0 Å². The van der Waals surface area contributed by atoms with Gasteiger partial charge in [-0.3, -0.25) is 4.79 Å². The molecular weight excluding hydrogens is 298 g/mol. The highest BCUT2D eigenvalue weighted by Gasteiger charge is 2.13. The molecule has 0 unspecified atom stereocenters. The third-order valence-electron chi connectivity index (χ3n) is 3.87. The van der Waals surface area contributed by atoms with Crippen LogP contribution < -0.4 is 5.32 Å². The highest BCUT2D eigenvalue weighted by Crippen LogP contribution is 2.24. The van der Waals surface area contributed by atoms with E-state index >= 15 is 0 Å². The van der Waals surface area contributed by atoms with E-state index < -0.39 is 5.91 Å². The maximum Gasteiger partial charge on any atom is 0.266 e. The topological polar surface area (TPSA) is 68.7 Å². The number of aromatic nitrogens is 1. The summed E-state index contributed by atoms with van der Waals surface area (Å²) in [5, 5.41) is 13.2. The van der Waals surface area contributed by atoms with Crippen LogP contribution in [0.3, 0.4) is 0 Å². The molecule has 0 aliphatic rings. The standard InChI is InChI=1S/C20H17N3O/c1-13-6-5-7-16(10-13)23-20(24)15(12-21)11-18-14(2)22-19-9-4-3-8-17(18)19/h3-11,22H,1-2H3,(H,23,24)/b15-11+. The number of hydrogen-bond donors (Lipinski definition) is 2. The lowest BCUT2D eigenvalue weighted by molar-refractivity contribution is -0.112. The molecule has 1 amide bonds. The van der Waals surface area contributed by atoms with Crippen LogP contribution in [0.4, 0.5) is 5.69 Å². The number of H-pyrrole nitrogens is 1. The number of aromatic amines is 1. The number of carbonyl (C=O) groups excluding carboxylic acids is 1. The van der Waals surface area contributed by atoms with Gasteiger partial charge in [-0.2, -0.15) is 5.26 Å². The van der Waals surface area contributed by atoms with Crippen molar-refractivity contribution in [1.82, 2.24) is 4.98 Å². The molecule has 4 nitrogen and oxygen atoms in total. The first-order chi connectivity index (χ1) is 11.6. The Morgan fingerprint density at radius 3 is 2.71 bits per heavy atom. The van der Waals surface area contributed by atoms with E-state index in [0.29, 0.717) is 5.69 Å². The summed E-state index contributed by atoms with van der Waals surface area (Å²) in [4.78, 5) is 15.7. The van der Waals surface area contributed by atoms with Gasteiger partial charge in [0.15, 0.2) is 0 Å².